The third-order valence-electron chi connectivity index (χ3n) is 3.43. The Labute approximate surface area is 164 Å². The first-order valence-corrected chi connectivity index (χ1v) is 9.66. The number of carbonyl (C=O) groups excluding carboxylic acids is 3. The lowest BCUT2D eigenvalue weighted by Gasteiger charge is -2.26. The Hall–Kier alpha value is -1.92. The van der Waals surface area contributed by atoms with Crippen LogP contribution in [-0.2, 0) is 24.3 Å². The lowest BCUT2D eigenvalue weighted by Crippen LogP contribution is -2.40. The molecule has 148 valence electrons. The Morgan fingerprint density at radius 2 is 1.81 bits per heavy atom. The standard InChI is InChI=1S/C14H15Cl2N3O7S/c15-9-6-10(16)11(27(23,24)19-1-3-25-4-2-19)5-8(9)13(21)26-7-12(20)18-14(17)22/h5-6H,1-4,7H2,(H3,17,18,20,22). The number of esters is 1. The SMILES string of the molecule is NC(=O)NC(=O)COC(=O)c1cc(S(=O)(=O)N2CCOCC2)c(Cl)cc1Cl. The molecule has 0 spiro atoms. The van der Waals surface area contributed by atoms with Crippen LogP contribution in [0.4, 0.5) is 4.79 Å². The van der Waals surface area contributed by atoms with E-state index in [1.165, 1.54) is 4.31 Å². The maximum Gasteiger partial charge on any atom is 0.340 e. The Bertz CT molecular complexity index is 870. The highest BCUT2D eigenvalue weighted by Crippen LogP contribution is 2.31. The van der Waals surface area contributed by atoms with Gasteiger partial charge in [-0.25, -0.2) is 18.0 Å². The molecule has 1 aromatic rings. The zero-order valence-electron chi connectivity index (χ0n) is 13.7. The third-order valence-corrected chi connectivity index (χ3v) is 6.10. The zero-order chi connectivity index (χ0) is 20.2. The van der Waals surface area contributed by atoms with Gasteiger partial charge in [0.05, 0.1) is 28.8 Å². The van der Waals surface area contributed by atoms with Crippen LogP contribution in [0.5, 0.6) is 0 Å². The van der Waals surface area contributed by atoms with E-state index in [9.17, 15) is 22.8 Å². The first kappa shape index (κ1) is 21.4. The molecule has 2 rings (SSSR count). The molecular weight excluding hydrogens is 425 g/mol. The van der Waals surface area contributed by atoms with E-state index in [1.807, 2.05) is 0 Å². The van der Waals surface area contributed by atoms with Crippen LogP contribution in [-0.4, -0.2) is 63.5 Å². The van der Waals surface area contributed by atoms with E-state index in [0.29, 0.717) is 0 Å². The van der Waals surface area contributed by atoms with Gasteiger partial charge in [-0.05, 0) is 12.1 Å². The molecule has 3 N–H and O–H groups in total. The van der Waals surface area contributed by atoms with Gasteiger partial charge < -0.3 is 15.2 Å². The predicted octanol–water partition coefficient (Wildman–Crippen LogP) is 0.366. The van der Waals surface area contributed by atoms with Gasteiger partial charge in [0, 0.05) is 13.1 Å². The van der Waals surface area contributed by atoms with Crippen molar-refractivity contribution in [2.45, 2.75) is 4.90 Å². The lowest BCUT2D eigenvalue weighted by molar-refractivity contribution is -0.123. The van der Waals surface area contributed by atoms with E-state index < -0.39 is 34.5 Å². The van der Waals surface area contributed by atoms with Crippen LogP contribution < -0.4 is 11.1 Å². The molecule has 3 amide bonds. The smallest absolute Gasteiger partial charge is 0.340 e. The number of halogens is 2. The van der Waals surface area contributed by atoms with Crippen LogP contribution in [0.3, 0.4) is 0 Å². The molecule has 0 aliphatic carbocycles. The van der Waals surface area contributed by atoms with Crippen LogP contribution >= 0.6 is 23.2 Å². The summed E-state index contributed by atoms with van der Waals surface area (Å²) < 4.78 is 36.5. The number of benzene rings is 1. The molecule has 1 aliphatic heterocycles. The van der Waals surface area contributed by atoms with Gasteiger partial charge in [0.25, 0.3) is 5.91 Å². The van der Waals surface area contributed by atoms with Gasteiger partial charge >= 0.3 is 12.0 Å². The van der Waals surface area contributed by atoms with Crippen molar-refractivity contribution in [3.8, 4) is 0 Å². The van der Waals surface area contributed by atoms with Crippen molar-refractivity contribution < 1.29 is 32.3 Å². The van der Waals surface area contributed by atoms with E-state index in [4.69, 9.17) is 38.4 Å². The molecule has 27 heavy (non-hydrogen) atoms. The first-order chi connectivity index (χ1) is 12.6. The number of nitrogens with two attached hydrogens (primary N) is 1. The van der Waals surface area contributed by atoms with Crippen molar-refractivity contribution in [3.63, 3.8) is 0 Å². The maximum absolute atomic E-state index is 12.8. The fourth-order valence-electron chi connectivity index (χ4n) is 2.19. The summed E-state index contributed by atoms with van der Waals surface area (Å²) in [6.45, 7) is -0.0857. The highest BCUT2D eigenvalue weighted by Gasteiger charge is 2.30. The topological polar surface area (TPSA) is 145 Å². The number of hydrogen-bond donors (Lipinski definition) is 2. The average Bonchev–Trinajstić information content (AvgIpc) is 2.59. The number of nitrogens with zero attached hydrogens (tertiary/aromatic N) is 1. The number of imide groups is 1. The van der Waals surface area contributed by atoms with Crippen LogP contribution in [0, 0.1) is 0 Å². The Morgan fingerprint density at radius 1 is 1.19 bits per heavy atom. The number of nitrogens with one attached hydrogen (secondary N) is 1. The maximum atomic E-state index is 12.8. The molecule has 1 fully saturated rings. The van der Waals surface area contributed by atoms with Crippen LogP contribution in [0.2, 0.25) is 10.0 Å². The molecule has 1 saturated heterocycles. The zero-order valence-corrected chi connectivity index (χ0v) is 16.1. The second-order valence-corrected chi connectivity index (χ2v) is 7.99. The van der Waals surface area contributed by atoms with Crippen LogP contribution in [0.1, 0.15) is 10.4 Å². The molecular formula is C14H15Cl2N3O7S. The minimum atomic E-state index is -4.00. The molecule has 0 radical (unpaired) electrons. The second-order valence-electron chi connectivity index (χ2n) is 5.27. The number of primary amides is 1. The second kappa shape index (κ2) is 8.85. The summed E-state index contributed by atoms with van der Waals surface area (Å²) in [6, 6.07) is 0.958. The molecule has 1 heterocycles. The number of amides is 3. The van der Waals surface area contributed by atoms with E-state index in [2.05, 4.69) is 0 Å². The van der Waals surface area contributed by atoms with Crippen molar-refractivity contribution in [3.05, 3.63) is 27.7 Å². The number of hydrogen-bond acceptors (Lipinski definition) is 7. The third kappa shape index (κ3) is 5.30. The summed E-state index contributed by atoms with van der Waals surface area (Å²) >= 11 is 11.9. The molecule has 0 saturated carbocycles. The number of rotatable bonds is 5. The molecule has 1 aliphatic rings. The molecule has 0 bridgehead atoms. The number of sulfonamides is 1. The molecule has 0 atom stereocenters. The average molecular weight is 440 g/mol. The van der Waals surface area contributed by atoms with Gasteiger partial charge in [-0.3, -0.25) is 10.1 Å². The molecule has 13 heteroatoms. The van der Waals surface area contributed by atoms with Crippen molar-refractivity contribution >= 4 is 51.1 Å². The summed E-state index contributed by atoms with van der Waals surface area (Å²) in [5.41, 5.74) is 4.46. The van der Waals surface area contributed by atoms with E-state index in [-0.39, 0.29) is 46.8 Å². The highest BCUT2D eigenvalue weighted by molar-refractivity contribution is 7.89. The summed E-state index contributed by atoms with van der Waals surface area (Å²) in [5.74, 6) is -2.03. The summed E-state index contributed by atoms with van der Waals surface area (Å²) in [7, 11) is -4.00. The number of ether oxygens (including phenoxy) is 2. The monoisotopic (exact) mass is 439 g/mol. The van der Waals surface area contributed by atoms with E-state index in [1.54, 1.807) is 5.32 Å². The van der Waals surface area contributed by atoms with Crippen LogP contribution in [0.25, 0.3) is 0 Å². The minimum absolute atomic E-state index is 0.133. The van der Waals surface area contributed by atoms with Gasteiger partial charge in [-0.2, -0.15) is 4.31 Å². The normalized spacial score (nSPS) is 15.2. The van der Waals surface area contributed by atoms with E-state index >= 15 is 0 Å². The molecule has 10 nitrogen and oxygen atoms in total. The van der Waals surface area contributed by atoms with Crippen molar-refractivity contribution in [1.82, 2.24) is 9.62 Å². The summed E-state index contributed by atoms with van der Waals surface area (Å²) in [4.78, 5) is 33.7. The minimum Gasteiger partial charge on any atom is -0.452 e. The number of carbonyl (C=O) groups is 3. The summed E-state index contributed by atoms with van der Waals surface area (Å²) in [6.07, 6.45) is 0. The Kier molecular flexibility index (Phi) is 7.00. The Morgan fingerprint density at radius 3 is 2.41 bits per heavy atom. The van der Waals surface area contributed by atoms with Crippen molar-refractivity contribution in [1.29, 1.82) is 0 Å². The molecule has 0 aromatic heterocycles. The van der Waals surface area contributed by atoms with Gasteiger partial charge in [0.1, 0.15) is 4.90 Å². The van der Waals surface area contributed by atoms with Crippen molar-refractivity contribution in [2.24, 2.45) is 5.73 Å². The van der Waals surface area contributed by atoms with Crippen molar-refractivity contribution in [2.75, 3.05) is 32.9 Å². The van der Waals surface area contributed by atoms with Gasteiger partial charge in [-0.15, -0.1) is 0 Å². The van der Waals surface area contributed by atoms with Gasteiger partial charge in [0.2, 0.25) is 10.0 Å². The molecule has 0 unspecified atom stereocenters. The largest absolute Gasteiger partial charge is 0.452 e. The fraction of sp³-hybridized carbons (Fsp3) is 0.357. The van der Waals surface area contributed by atoms with Crippen LogP contribution in [0.15, 0.2) is 17.0 Å². The van der Waals surface area contributed by atoms with E-state index in [0.717, 1.165) is 12.1 Å². The van der Waals surface area contributed by atoms with Gasteiger partial charge in [-0.1, -0.05) is 23.2 Å². The predicted molar refractivity (Wildman–Crippen MR) is 94.0 cm³/mol. The highest BCUT2D eigenvalue weighted by atomic mass is 35.5. The Balaban J connectivity index is 2.25. The molecule has 1 aromatic carbocycles. The summed E-state index contributed by atoms with van der Waals surface area (Å²) in [5, 5.41) is 1.37. The first-order valence-electron chi connectivity index (χ1n) is 7.46. The fourth-order valence-corrected chi connectivity index (χ4v) is 4.42. The number of urea groups is 1. The quantitative estimate of drug-likeness (QED) is 0.629. The lowest BCUT2D eigenvalue weighted by atomic mass is 10.2. The number of morpholine rings is 1. The van der Waals surface area contributed by atoms with Gasteiger partial charge in [0.15, 0.2) is 6.61 Å².